The van der Waals surface area contributed by atoms with Crippen LogP contribution in [0.25, 0.3) is 0 Å². The summed E-state index contributed by atoms with van der Waals surface area (Å²) in [5.41, 5.74) is 8.30. The van der Waals surface area contributed by atoms with Gasteiger partial charge in [-0.25, -0.2) is 0 Å². The number of nitrogens with one attached hydrogen (secondary N) is 1. The topological polar surface area (TPSA) is 55.1 Å². The second-order valence-electron chi connectivity index (χ2n) is 6.45. The van der Waals surface area contributed by atoms with Gasteiger partial charge in [0.2, 0.25) is 5.91 Å². The molecule has 0 saturated heterocycles. The summed E-state index contributed by atoms with van der Waals surface area (Å²) in [6.45, 7) is 6.10. The smallest absolute Gasteiger partial charge is 0.225 e. The molecular formula is C17H26N2O. The first-order valence-corrected chi connectivity index (χ1v) is 7.56. The van der Waals surface area contributed by atoms with Crippen LogP contribution in [0, 0.1) is 12.8 Å². The van der Waals surface area contributed by atoms with Gasteiger partial charge in [0, 0.05) is 5.54 Å². The van der Waals surface area contributed by atoms with Crippen LogP contribution in [0.4, 0.5) is 0 Å². The van der Waals surface area contributed by atoms with Crippen LogP contribution in [0.3, 0.4) is 0 Å². The van der Waals surface area contributed by atoms with E-state index in [4.69, 9.17) is 5.73 Å². The van der Waals surface area contributed by atoms with Crippen LogP contribution in [-0.4, -0.2) is 11.4 Å². The molecule has 1 aromatic rings. The SMILES string of the molecule is Cc1ccc(C(C)NC(=O)C2CCCCC2(C)N)cc1. The van der Waals surface area contributed by atoms with E-state index in [0.717, 1.165) is 31.2 Å². The maximum Gasteiger partial charge on any atom is 0.225 e. The molecule has 1 aliphatic rings. The second-order valence-corrected chi connectivity index (χ2v) is 6.45. The van der Waals surface area contributed by atoms with Crippen molar-refractivity contribution in [3.63, 3.8) is 0 Å². The van der Waals surface area contributed by atoms with Gasteiger partial charge in [0.1, 0.15) is 0 Å². The van der Waals surface area contributed by atoms with Crippen molar-refractivity contribution in [2.45, 2.75) is 58.0 Å². The number of amides is 1. The summed E-state index contributed by atoms with van der Waals surface area (Å²) in [4.78, 5) is 12.5. The van der Waals surface area contributed by atoms with Gasteiger partial charge < -0.3 is 11.1 Å². The van der Waals surface area contributed by atoms with Crippen molar-refractivity contribution in [1.29, 1.82) is 0 Å². The van der Waals surface area contributed by atoms with Crippen molar-refractivity contribution in [2.24, 2.45) is 11.7 Å². The van der Waals surface area contributed by atoms with Gasteiger partial charge in [-0.2, -0.15) is 0 Å². The summed E-state index contributed by atoms with van der Waals surface area (Å²) in [5, 5.41) is 3.12. The molecule has 20 heavy (non-hydrogen) atoms. The summed E-state index contributed by atoms with van der Waals surface area (Å²) in [6.07, 6.45) is 4.07. The maximum absolute atomic E-state index is 12.5. The quantitative estimate of drug-likeness (QED) is 0.890. The fraction of sp³-hybridized carbons (Fsp3) is 0.588. The lowest BCUT2D eigenvalue weighted by Gasteiger charge is -2.37. The standard InChI is InChI=1S/C17H26N2O/c1-12-7-9-14(10-8-12)13(2)19-16(20)15-6-4-5-11-17(15,3)18/h7-10,13,15H,4-6,11,18H2,1-3H3,(H,19,20). The normalized spacial score (nSPS) is 27.9. The van der Waals surface area contributed by atoms with Gasteiger partial charge in [-0.3, -0.25) is 4.79 Å². The summed E-state index contributed by atoms with van der Waals surface area (Å²) < 4.78 is 0. The molecular weight excluding hydrogens is 248 g/mol. The molecule has 1 aliphatic carbocycles. The lowest BCUT2D eigenvalue weighted by atomic mass is 9.74. The fourth-order valence-electron chi connectivity index (χ4n) is 3.04. The van der Waals surface area contributed by atoms with Crippen molar-refractivity contribution >= 4 is 5.91 Å². The third-order valence-corrected chi connectivity index (χ3v) is 4.51. The summed E-state index contributed by atoms with van der Waals surface area (Å²) in [6, 6.07) is 8.32. The number of aryl methyl sites for hydroxylation is 1. The summed E-state index contributed by atoms with van der Waals surface area (Å²) in [7, 11) is 0. The number of carbonyl (C=O) groups is 1. The third-order valence-electron chi connectivity index (χ3n) is 4.51. The van der Waals surface area contributed by atoms with Crippen LogP contribution in [0.1, 0.15) is 56.7 Å². The van der Waals surface area contributed by atoms with Gasteiger partial charge in [-0.1, -0.05) is 42.7 Å². The number of hydrogen-bond acceptors (Lipinski definition) is 2. The molecule has 1 aromatic carbocycles. The van der Waals surface area contributed by atoms with Crippen LogP contribution >= 0.6 is 0 Å². The fourth-order valence-corrected chi connectivity index (χ4v) is 3.04. The average Bonchev–Trinajstić information content (AvgIpc) is 2.38. The van der Waals surface area contributed by atoms with Gasteiger partial charge >= 0.3 is 0 Å². The molecule has 0 bridgehead atoms. The van der Waals surface area contributed by atoms with E-state index < -0.39 is 0 Å². The Morgan fingerprint density at radius 1 is 1.35 bits per heavy atom. The summed E-state index contributed by atoms with van der Waals surface area (Å²) >= 11 is 0. The molecule has 3 unspecified atom stereocenters. The van der Waals surface area contributed by atoms with Gasteiger partial charge in [-0.05, 0) is 39.2 Å². The highest BCUT2D eigenvalue weighted by atomic mass is 16.2. The van der Waals surface area contributed by atoms with Crippen molar-refractivity contribution in [1.82, 2.24) is 5.32 Å². The first kappa shape index (κ1) is 15.0. The van der Waals surface area contributed by atoms with E-state index in [1.807, 2.05) is 13.8 Å². The molecule has 0 radical (unpaired) electrons. The molecule has 1 saturated carbocycles. The zero-order valence-electron chi connectivity index (χ0n) is 12.8. The molecule has 110 valence electrons. The largest absolute Gasteiger partial charge is 0.349 e. The minimum atomic E-state index is -0.366. The first-order chi connectivity index (χ1) is 9.40. The highest BCUT2D eigenvalue weighted by Gasteiger charge is 2.38. The number of hydrogen-bond donors (Lipinski definition) is 2. The van der Waals surface area contributed by atoms with E-state index in [0.29, 0.717) is 0 Å². The Morgan fingerprint density at radius 3 is 2.60 bits per heavy atom. The van der Waals surface area contributed by atoms with Gasteiger partial charge in [-0.15, -0.1) is 0 Å². The second kappa shape index (κ2) is 5.96. The molecule has 1 fully saturated rings. The molecule has 0 spiro atoms. The van der Waals surface area contributed by atoms with Gasteiger partial charge in [0.05, 0.1) is 12.0 Å². The molecule has 1 amide bonds. The zero-order chi connectivity index (χ0) is 14.8. The highest BCUT2D eigenvalue weighted by molar-refractivity contribution is 5.80. The van der Waals surface area contributed by atoms with E-state index in [-0.39, 0.29) is 23.4 Å². The Balaban J connectivity index is 2.01. The number of carbonyl (C=O) groups excluding carboxylic acids is 1. The molecule has 3 nitrogen and oxygen atoms in total. The van der Waals surface area contributed by atoms with Crippen LogP contribution in [-0.2, 0) is 4.79 Å². The van der Waals surface area contributed by atoms with E-state index in [1.165, 1.54) is 5.56 Å². The molecule has 2 rings (SSSR count). The molecule has 3 heteroatoms. The maximum atomic E-state index is 12.5. The Labute approximate surface area is 121 Å². The van der Waals surface area contributed by atoms with E-state index in [1.54, 1.807) is 0 Å². The Morgan fingerprint density at radius 2 is 2.00 bits per heavy atom. The third kappa shape index (κ3) is 3.40. The van der Waals surface area contributed by atoms with Crippen molar-refractivity contribution in [3.05, 3.63) is 35.4 Å². The average molecular weight is 274 g/mol. The predicted molar refractivity (Wildman–Crippen MR) is 82.3 cm³/mol. The van der Waals surface area contributed by atoms with Crippen LogP contribution in [0.2, 0.25) is 0 Å². The molecule has 3 N–H and O–H groups in total. The Kier molecular flexibility index (Phi) is 4.48. The number of nitrogens with two attached hydrogens (primary N) is 1. The summed E-state index contributed by atoms with van der Waals surface area (Å²) in [5.74, 6) is 0.0342. The van der Waals surface area contributed by atoms with Gasteiger partial charge in [0.15, 0.2) is 0 Å². The zero-order valence-corrected chi connectivity index (χ0v) is 12.8. The minimum Gasteiger partial charge on any atom is -0.349 e. The number of benzene rings is 1. The number of rotatable bonds is 3. The van der Waals surface area contributed by atoms with E-state index >= 15 is 0 Å². The minimum absolute atomic E-state index is 0.0285. The van der Waals surface area contributed by atoms with Crippen LogP contribution in [0.15, 0.2) is 24.3 Å². The Bertz CT molecular complexity index is 464. The monoisotopic (exact) mass is 274 g/mol. The predicted octanol–water partition coefficient (Wildman–Crippen LogP) is 3.08. The molecule has 3 atom stereocenters. The molecule has 0 heterocycles. The van der Waals surface area contributed by atoms with E-state index in [2.05, 4.69) is 36.5 Å². The van der Waals surface area contributed by atoms with E-state index in [9.17, 15) is 4.79 Å². The van der Waals surface area contributed by atoms with Crippen molar-refractivity contribution in [3.8, 4) is 0 Å². The lowest BCUT2D eigenvalue weighted by Crippen LogP contribution is -2.53. The first-order valence-electron chi connectivity index (χ1n) is 7.56. The molecule has 0 aliphatic heterocycles. The molecule has 0 aromatic heterocycles. The van der Waals surface area contributed by atoms with Crippen LogP contribution < -0.4 is 11.1 Å². The van der Waals surface area contributed by atoms with Crippen LogP contribution in [0.5, 0.6) is 0 Å². The van der Waals surface area contributed by atoms with Crippen molar-refractivity contribution in [2.75, 3.05) is 0 Å². The van der Waals surface area contributed by atoms with Gasteiger partial charge in [0.25, 0.3) is 0 Å². The Hall–Kier alpha value is -1.35. The highest BCUT2D eigenvalue weighted by Crippen LogP contribution is 2.32. The lowest BCUT2D eigenvalue weighted by molar-refractivity contribution is -0.128. The van der Waals surface area contributed by atoms with Crippen molar-refractivity contribution < 1.29 is 4.79 Å².